The molecule has 1 aromatic carbocycles. The molecule has 0 atom stereocenters. The molecule has 1 N–H and O–H groups in total. The van der Waals surface area contributed by atoms with E-state index in [0.717, 1.165) is 16.9 Å². The van der Waals surface area contributed by atoms with Gasteiger partial charge in [0.25, 0.3) is 0 Å². The molecule has 0 unspecified atom stereocenters. The molecular formula is C14H19NO3. The van der Waals surface area contributed by atoms with Crippen LogP contribution in [0.4, 0.5) is 0 Å². The first-order valence-corrected chi connectivity index (χ1v) is 5.76. The van der Waals surface area contributed by atoms with Crippen molar-refractivity contribution in [3.8, 4) is 5.75 Å². The zero-order chi connectivity index (χ0) is 13.4. The van der Waals surface area contributed by atoms with E-state index >= 15 is 0 Å². The van der Waals surface area contributed by atoms with Crippen LogP contribution in [0, 0.1) is 0 Å². The highest BCUT2D eigenvalue weighted by molar-refractivity contribution is 5.79. The largest absolute Gasteiger partial charge is 0.496 e. The van der Waals surface area contributed by atoms with Gasteiger partial charge in [-0.25, -0.2) is 0 Å². The van der Waals surface area contributed by atoms with E-state index in [2.05, 4.69) is 11.9 Å². The molecule has 0 heterocycles. The monoisotopic (exact) mass is 249 g/mol. The quantitative estimate of drug-likeness (QED) is 0.747. The second-order valence-corrected chi connectivity index (χ2v) is 3.80. The van der Waals surface area contributed by atoms with Crippen molar-refractivity contribution in [3.05, 3.63) is 35.9 Å². The van der Waals surface area contributed by atoms with Gasteiger partial charge in [0, 0.05) is 19.2 Å². The van der Waals surface area contributed by atoms with Gasteiger partial charge >= 0.3 is 0 Å². The third-order valence-electron chi connectivity index (χ3n) is 2.51. The highest BCUT2D eigenvalue weighted by atomic mass is 16.5. The fourth-order valence-corrected chi connectivity index (χ4v) is 1.59. The Balaban J connectivity index is 2.62. The lowest BCUT2D eigenvalue weighted by Crippen LogP contribution is -2.28. The second kappa shape index (κ2) is 7.50. The zero-order valence-electron chi connectivity index (χ0n) is 10.9. The van der Waals surface area contributed by atoms with Crippen molar-refractivity contribution < 1.29 is 14.3 Å². The Morgan fingerprint density at radius 1 is 1.44 bits per heavy atom. The maximum absolute atomic E-state index is 11.6. The lowest BCUT2D eigenvalue weighted by atomic mass is 10.1. The van der Waals surface area contributed by atoms with E-state index in [1.807, 2.05) is 18.2 Å². The molecule has 0 aromatic heterocycles. The summed E-state index contributed by atoms with van der Waals surface area (Å²) in [6.07, 6.45) is 2.06. The van der Waals surface area contributed by atoms with Crippen molar-refractivity contribution in [1.82, 2.24) is 5.32 Å². The van der Waals surface area contributed by atoms with Gasteiger partial charge < -0.3 is 14.8 Å². The SMILES string of the molecule is C=Cc1cc(CC(=O)NCCOC)ccc1OC. The summed E-state index contributed by atoms with van der Waals surface area (Å²) in [5, 5.41) is 2.78. The number of carbonyl (C=O) groups is 1. The lowest BCUT2D eigenvalue weighted by molar-refractivity contribution is -0.120. The van der Waals surface area contributed by atoms with Gasteiger partial charge in [-0.2, -0.15) is 0 Å². The number of benzene rings is 1. The number of carbonyl (C=O) groups excluding carboxylic acids is 1. The molecule has 0 aliphatic heterocycles. The van der Waals surface area contributed by atoms with E-state index in [1.165, 1.54) is 0 Å². The first-order valence-electron chi connectivity index (χ1n) is 5.76. The summed E-state index contributed by atoms with van der Waals surface area (Å²) in [4.78, 5) is 11.6. The molecular weight excluding hydrogens is 230 g/mol. The Morgan fingerprint density at radius 2 is 2.22 bits per heavy atom. The van der Waals surface area contributed by atoms with Gasteiger partial charge in [-0.15, -0.1) is 0 Å². The Morgan fingerprint density at radius 3 is 2.83 bits per heavy atom. The molecule has 0 bridgehead atoms. The van der Waals surface area contributed by atoms with E-state index in [4.69, 9.17) is 9.47 Å². The number of rotatable bonds is 7. The van der Waals surface area contributed by atoms with E-state index in [9.17, 15) is 4.79 Å². The summed E-state index contributed by atoms with van der Waals surface area (Å²) in [7, 11) is 3.21. The maximum Gasteiger partial charge on any atom is 0.224 e. The van der Waals surface area contributed by atoms with Crippen molar-refractivity contribution in [1.29, 1.82) is 0 Å². The van der Waals surface area contributed by atoms with E-state index in [0.29, 0.717) is 19.6 Å². The summed E-state index contributed by atoms with van der Waals surface area (Å²) >= 11 is 0. The van der Waals surface area contributed by atoms with Crippen LogP contribution in [0.1, 0.15) is 11.1 Å². The van der Waals surface area contributed by atoms with Crippen LogP contribution < -0.4 is 10.1 Å². The number of amides is 1. The fraction of sp³-hybridized carbons (Fsp3) is 0.357. The summed E-state index contributed by atoms with van der Waals surface area (Å²) in [5.41, 5.74) is 1.82. The molecule has 4 heteroatoms. The third kappa shape index (κ3) is 4.22. The van der Waals surface area contributed by atoms with Crippen molar-refractivity contribution in [2.24, 2.45) is 0 Å². The molecule has 1 rings (SSSR count). The number of nitrogens with one attached hydrogen (secondary N) is 1. The Kier molecular flexibility index (Phi) is 5.94. The molecule has 0 aliphatic rings. The van der Waals surface area contributed by atoms with Crippen LogP contribution >= 0.6 is 0 Å². The molecule has 18 heavy (non-hydrogen) atoms. The fourth-order valence-electron chi connectivity index (χ4n) is 1.59. The van der Waals surface area contributed by atoms with E-state index in [1.54, 1.807) is 20.3 Å². The van der Waals surface area contributed by atoms with Crippen LogP contribution in [-0.4, -0.2) is 33.3 Å². The minimum absolute atomic E-state index is 0.0211. The first kappa shape index (κ1) is 14.3. The molecule has 98 valence electrons. The second-order valence-electron chi connectivity index (χ2n) is 3.80. The normalized spacial score (nSPS) is 9.89. The summed E-state index contributed by atoms with van der Waals surface area (Å²) in [5.74, 6) is 0.737. The third-order valence-corrected chi connectivity index (χ3v) is 2.51. The summed E-state index contributed by atoms with van der Waals surface area (Å²) in [6, 6.07) is 5.62. The average Bonchev–Trinajstić information content (AvgIpc) is 2.39. The van der Waals surface area contributed by atoms with Gasteiger partial charge in [-0.3, -0.25) is 4.79 Å². The van der Waals surface area contributed by atoms with E-state index < -0.39 is 0 Å². The number of hydrogen-bond acceptors (Lipinski definition) is 3. The average molecular weight is 249 g/mol. The summed E-state index contributed by atoms with van der Waals surface area (Å²) in [6.45, 7) is 4.77. The van der Waals surface area contributed by atoms with Crippen LogP contribution in [0.25, 0.3) is 6.08 Å². The molecule has 0 radical (unpaired) electrons. The predicted molar refractivity (Wildman–Crippen MR) is 71.7 cm³/mol. The molecule has 4 nitrogen and oxygen atoms in total. The van der Waals surface area contributed by atoms with Gasteiger partial charge in [-0.05, 0) is 17.7 Å². The Labute approximate surface area is 108 Å². The van der Waals surface area contributed by atoms with Crippen molar-refractivity contribution in [3.63, 3.8) is 0 Å². The number of methoxy groups -OCH3 is 2. The minimum Gasteiger partial charge on any atom is -0.496 e. The molecule has 0 spiro atoms. The molecule has 0 aliphatic carbocycles. The zero-order valence-corrected chi connectivity index (χ0v) is 10.9. The predicted octanol–water partition coefficient (Wildman–Crippen LogP) is 1.64. The van der Waals surface area contributed by atoms with Crippen molar-refractivity contribution >= 4 is 12.0 Å². The highest BCUT2D eigenvalue weighted by Crippen LogP contribution is 2.20. The molecule has 0 fully saturated rings. The number of hydrogen-bond donors (Lipinski definition) is 1. The van der Waals surface area contributed by atoms with E-state index in [-0.39, 0.29) is 5.91 Å². The minimum atomic E-state index is -0.0211. The van der Waals surface area contributed by atoms with Crippen molar-refractivity contribution in [2.75, 3.05) is 27.4 Å². The van der Waals surface area contributed by atoms with Crippen LogP contribution in [0.3, 0.4) is 0 Å². The lowest BCUT2D eigenvalue weighted by Gasteiger charge is -2.08. The van der Waals surface area contributed by atoms with Gasteiger partial charge in [0.1, 0.15) is 5.75 Å². The Bertz CT molecular complexity index is 416. The molecule has 0 saturated heterocycles. The standard InChI is InChI=1S/C14H19NO3/c1-4-12-9-11(5-6-13(12)18-3)10-14(16)15-7-8-17-2/h4-6,9H,1,7-8,10H2,2-3H3,(H,15,16). The van der Waals surface area contributed by atoms with Crippen molar-refractivity contribution in [2.45, 2.75) is 6.42 Å². The van der Waals surface area contributed by atoms with Gasteiger partial charge in [0.15, 0.2) is 0 Å². The molecule has 1 amide bonds. The van der Waals surface area contributed by atoms with Crippen LogP contribution in [0.15, 0.2) is 24.8 Å². The van der Waals surface area contributed by atoms with Crippen LogP contribution in [0.5, 0.6) is 5.75 Å². The first-order chi connectivity index (χ1) is 8.71. The van der Waals surface area contributed by atoms with Gasteiger partial charge in [0.2, 0.25) is 5.91 Å². The molecule has 1 aromatic rings. The Hall–Kier alpha value is -1.81. The topological polar surface area (TPSA) is 47.6 Å². The smallest absolute Gasteiger partial charge is 0.224 e. The summed E-state index contributed by atoms with van der Waals surface area (Å²) < 4.78 is 10.1. The maximum atomic E-state index is 11.6. The number of ether oxygens (including phenoxy) is 2. The van der Waals surface area contributed by atoms with Gasteiger partial charge in [-0.1, -0.05) is 18.7 Å². The van der Waals surface area contributed by atoms with Gasteiger partial charge in [0.05, 0.1) is 20.1 Å². The highest BCUT2D eigenvalue weighted by Gasteiger charge is 2.05. The van der Waals surface area contributed by atoms with Crippen LogP contribution in [-0.2, 0) is 16.0 Å². The molecule has 0 saturated carbocycles. The van der Waals surface area contributed by atoms with Crippen LogP contribution in [0.2, 0.25) is 0 Å².